The van der Waals surface area contributed by atoms with E-state index >= 15 is 0 Å². The summed E-state index contributed by atoms with van der Waals surface area (Å²) in [6, 6.07) is 7.80. The van der Waals surface area contributed by atoms with Crippen molar-refractivity contribution >= 4 is 11.6 Å². The van der Waals surface area contributed by atoms with Gasteiger partial charge < -0.3 is 0 Å². The van der Waals surface area contributed by atoms with Gasteiger partial charge in [0.2, 0.25) is 0 Å². The van der Waals surface area contributed by atoms with Crippen LogP contribution in [-0.2, 0) is 4.79 Å². The Morgan fingerprint density at radius 2 is 1.87 bits per heavy atom. The Balaban J connectivity index is 2.08. The van der Waals surface area contributed by atoms with E-state index in [0.717, 1.165) is 12.0 Å². The zero-order chi connectivity index (χ0) is 10.4. The Kier molecular flexibility index (Phi) is 1.78. The standard InChI is InChI=1S/C13H12O2/c14-8-5-6-10-9-3-1-2-4-11(9)13(15)12(10)7-8/h1-4,10,12H,5-7H2. The summed E-state index contributed by atoms with van der Waals surface area (Å²) in [5.74, 6) is 0.691. The van der Waals surface area contributed by atoms with Crippen LogP contribution in [0.5, 0.6) is 0 Å². The summed E-state index contributed by atoms with van der Waals surface area (Å²) in [6.45, 7) is 0. The molecule has 2 heteroatoms. The molecule has 0 radical (unpaired) electrons. The van der Waals surface area contributed by atoms with Crippen molar-refractivity contribution in [1.29, 1.82) is 0 Å². The van der Waals surface area contributed by atoms with E-state index in [1.807, 2.05) is 24.3 Å². The fourth-order valence-corrected chi connectivity index (χ4v) is 2.90. The molecule has 2 atom stereocenters. The number of ketones is 2. The molecule has 3 rings (SSSR count). The maximum absolute atomic E-state index is 12.0. The highest BCUT2D eigenvalue weighted by atomic mass is 16.1. The summed E-state index contributed by atoms with van der Waals surface area (Å²) in [6.07, 6.45) is 1.95. The lowest BCUT2D eigenvalue weighted by Crippen LogP contribution is -2.23. The molecule has 2 aliphatic carbocycles. The van der Waals surface area contributed by atoms with Crippen LogP contribution in [0, 0.1) is 5.92 Å². The molecule has 1 fully saturated rings. The maximum atomic E-state index is 12.0. The van der Waals surface area contributed by atoms with Crippen molar-refractivity contribution in [2.45, 2.75) is 25.2 Å². The number of hydrogen-bond donors (Lipinski definition) is 0. The Morgan fingerprint density at radius 3 is 2.73 bits per heavy atom. The minimum absolute atomic E-state index is 0.0522. The quantitative estimate of drug-likeness (QED) is 0.644. The molecule has 0 aliphatic heterocycles. The van der Waals surface area contributed by atoms with Gasteiger partial charge in [-0.1, -0.05) is 24.3 Å². The fraction of sp³-hybridized carbons (Fsp3) is 0.385. The Hall–Kier alpha value is -1.44. The Labute approximate surface area is 88.3 Å². The van der Waals surface area contributed by atoms with E-state index in [-0.39, 0.29) is 17.5 Å². The van der Waals surface area contributed by atoms with Gasteiger partial charge in [-0.15, -0.1) is 0 Å². The number of fused-ring (bicyclic) bond motifs is 3. The van der Waals surface area contributed by atoms with E-state index in [1.165, 1.54) is 5.56 Å². The van der Waals surface area contributed by atoms with Crippen LogP contribution in [0.2, 0.25) is 0 Å². The molecule has 0 N–H and O–H groups in total. The zero-order valence-electron chi connectivity index (χ0n) is 8.40. The second kappa shape index (κ2) is 3.02. The van der Waals surface area contributed by atoms with Gasteiger partial charge >= 0.3 is 0 Å². The van der Waals surface area contributed by atoms with Gasteiger partial charge in [-0.2, -0.15) is 0 Å². The van der Waals surface area contributed by atoms with Crippen LogP contribution in [0.1, 0.15) is 41.1 Å². The van der Waals surface area contributed by atoms with E-state index in [0.29, 0.717) is 18.8 Å². The van der Waals surface area contributed by atoms with Gasteiger partial charge in [-0.25, -0.2) is 0 Å². The summed E-state index contributed by atoms with van der Waals surface area (Å²) in [4.78, 5) is 23.4. The highest BCUT2D eigenvalue weighted by Gasteiger charge is 2.42. The van der Waals surface area contributed by atoms with Gasteiger partial charge in [0.05, 0.1) is 0 Å². The fourth-order valence-electron chi connectivity index (χ4n) is 2.90. The number of Topliss-reactive ketones (excluding diaryl/α,β-unsaturated/α-hetero) is 2. The zero-order valence-corrected chi connectivity index (χ0v) is 8.40. The molecule has 0 heterocycles. The number of hydrogen-bond acceptors (Lipinski definition) is 2. The van der Waals surface area contributed by atoms with Crippen LogP contribution in [0.15, 0.2) is 24.3 Å². The predicted molar refractivity (Wildman–Crippen MR) is 55.9 cm³/mol. The van der Waals surface area contributed by atoms with E-state index in [4.69, 9.17) is 0 Å². The first-order valence-electron chi connectivity index (χ1n) is 5.42. The molecule has 1 aromatic rings. The molecule has 0 saturated heterocycles. The molecule has 2 unspecified atom stereocenters. The summed E-state index contributed by atoms with van der Waals surface area (Å²) < 4.78 is 0. The van der Waals surface area contributed by atoms with Crippen molar-refractivity contribution in [3.8, 4) is 0 Å². The molecule has 0 aromatic heterocycles. The van der Waals surface area contributed by atoms with Crippen LogP contribution < -0.4 is 0 Å². The van der Waals surface area contributed by atoms with Crippen molar-refractivity contribution in [3.63, 3.8) is 0 Å². The van der Waals surface area contributed by atoms with Crippen LogP contribution >= 0.6 is 0 Å². The van der Waals surface area contributed by atoms with Crippen molar-refractivity contribution in [2.75, 3.05) is 0 Å². The third-order valence-electron chi connectivity index (χ3n) is 3.63. The first kappa shape index (κ1) is 8.84. The summed E-state index contributed by atoms with van der Waals surface area (Å²) >= 11 is 0. The van der Waals surface area contributed by atoms with Gasteiger partial charge in [0.25, 0.3) is 0 Å². The molecule has 1 aromatic carbocycles. The monoisotopic (exact) mass is 200 g/mol. The van der Waals surface area contributed by atoms with E-state index < -0.39 is 0 Å². The highest BCUT2D eigenvalue weighted by molar-refractivity contribution is 6.05. The number of carbonyl (C=O) groups excluding carboxylic acids is 2. The lowest BCUT2D eigenvalue weighted by atomic mass is 9.79. The molecule has 0 amide bonds. The average molecular weight is 200 g/mol. The van der Waals surface area contributed by atoms with Gasteiger partial charge in [0.15, 0.2) is 5.78 Å². The molecule has 15 heavy (non-hydrogen) atoms. The lowest BCUT2D eigenvalue weighted by molar-refractivity contribution is -0.121. The average Bonchev–Trinajstić information content (AvgIpc) is 2.54. The normalized spacial score (nSPS) is 28.8. The molecule has 0 bridgehead atoms. The smallest absolute Gasteiger partial charge is 0.167 e. The van der Waals surface area contributed by atoms with E-state index in [1.54, 1.807) is 0 Å². The lowest BCUT2D eigenvalue weighted by Gasteiger charge is -2.23. The first-order chi connectivity index (χ1) is 7.27. The van der Waals surface area contributed by atoms with Crippen molar-refractivity contribution in [3.05, 3.63) is 35.4 Å². The summed E-state index contributed by atoms with van der Waals surface area (Å²) in [5, 5.41) is 0. The van der Waals surface area contributed by atoms with Crippen LogP contribution in [-0.4, -0.2) is 11.6 Å². The van der Waals surface area contributed by atoms with E-state index in [9.17, 15) is 9.59 Å². The van der Waals surface area contributed by atoms with Crippen LogP contribution in [0.3, 0.4) is 0 Å². The molecule has 2 aliphatic rings. The highest BCUT2D eigenvalue weighted by Crippen LogP contribution is 2.45. The number of benzene rings is 1. The molecular weight excluding hydrogens is 188 g/mol. The van der Waals surface area contributed by atoms with Crippen molar-refractivity contribution in [1.82, 2.24) is 0 Å². The molecule has 0 spiro atoms. The second-order valence-corrected chi connectivity index (χ2v) is 4.45. The van der Waals surface area contributed by atoms with Gasteiger partial charge in [-0.3, -0.25) is 9.59 Å². The number of carbonyl (C=O) groups is 2. The molecule has 1 saturated carbocycles. The maximum Gasteiger partial charge on any atom is 0.167 e. The van der Waals surface area contributed by atoms with Crippen molar-refractivity contribution < 1.29 is 9.59 Å². The summed E-state index contributed by atoms with van der Waals surface area (Å²) in [5.41, 5.74) is 2.02. The number of rotatable bonds is 0. The predicted octanol–water partition coefficient (Wildman–Crippen LogP) is 2.34. The topological polar surface area (TPSA) is 34.1 Å². The molecular formula is C13H12O2. The largest absolute Gasteiger partial charge is 0.300 e. The minimum atomic E-state index is -0.0522. The molecule has 76 valence electrons. The Morgan fingerprint density at radius 1 is 1.07 bits per heavy atom. The van der Waals surface area contributed by atoms with Gasteiger partial charge in [0.1, 0.15) is 5.78 Å². The third kappa shape index (κ3) is 1.17. The third-order valence-corrected chi connectivity index (χ3v) is 3.63. The SMILES string of the molecule is O=C1CCC2c3ccccc3C(=O)C2C1. The van der Waals surface area contributed by atoms with Crippen LogP contribution in [0.4, 0.5) is 0 Å². The Bertz CT molecular complexity index is 448. The summed E-state index contributed by atoms with van der Waals surface area (Å²) in [7, 11) is 0. The van der Waals surface area contributed by atoms with E-state index in [2.05, 4.69) is 0 Å². The van der Waals surface area contributed by atoms with Gasteiger partial charge in [-0.05, 0) is 17.9 Å². The first-order valence-corrected chi connectivity index (χ1v) is 5.42. The van der Waals surface area contributed by atoms with Crippen LogP contribution in [0.25, 0.3) is 0 Å². The van der Waals surface area contributed by atoms with Gasteiger partial charge in [0, 0.05) is 24.3 Å². The molecule has 2 nitrogen and oxygen atoms in total. The second-order valence-electron chi connectivity index (χ2n) is 4.45. The van der Waals surface area contributed by atoms with Crippen molar-refractivity contribution in [2.24, 2.45) is 5.92 Å². The minimum Gasteiger partial charge on any atom is -0.300 e.